The summed E-state index contributed by atoms with van der Waals surface area (Å²) in [6.45, 7) is 0.744. The quantitative estimate of drug-likeness (QED) is 0.885. The van der Waals surface area contributed by atoms with Crippen molar-refractivity contribution in [3.63, 3.8) is 0 Å². The van der Waals surface area contributed by atoms with E-state index in [2.05, 4.69) is 5.32 Å². The van der Waals surface area contributed by atoms with Crippen molar-refractivity contribution in [3.8, 4) is 0 Å². The molecule has 0 radical (unpaired) electrons. The summed E-state index contributed by atoms with van der Waals surface area (Å²) in [7, 11) is 1.76. The van der Waals surface area contributed by atoms with Crippen molar-refractivity contribution in [1.82, 2.24) is 5.32 Å². The Balaban J connectivity index is 1.71. The van der Waals surface area contributed by atoms with Crippen LogP contribution < -0.4 is 5.32 Å². The molecule has 5 nitrogen and oxygen atoms in total. The molecule has 21 heavy (non-hydrogen) atoms. The summed E-state index contributed by atoms with van der Waals surface area (Å²) in [4.78, 5) is 10.9. The molecule has 1 saturated carbocycles. The SMILES string of the molecule is COC1CCCC1NCc1ccc2oc(C(=O)O)cc2c1. The number of aromatic carboxylic acids is 1. The van der Waals surface area contributed by atoms with Gasteiger partial charge < -0.3 is 19.6 Å². The Kier molecular flexibility index (Phi) is 3.94. The smallest absolute Gasteiger partial charge is 0.371 e. The first kappa shape index (κ1) is 14.1. The van der Waals surface area contributed by atoms with Crippen LogP contribution in [0, 0.1) is 0 Å². The van der Waals surface area contributed by atoms with Gasteiger partial charge in [0.2, 0.25) is 5.76 Å². The van der Waals surface area contributed by atoms with Crippen molar-refractivity contribution in [3.05, 3.63) is 35.6 Å². The average Bonchev–Trinajstić information content (AvgIpc) is 3.10. The van der Waals surface area contributed by atoms with Crippen molar-refractivity contribution in [2.45, 2.75) is 38.0 Å². The van der Waals surface area contributed by atoms with E-state index in [1.54, 1.807) is 13.2 Å². The van der Waals surface area contributed by atoms with Gasteiger partial charge in [-0.05, 0) is 43.0 Å². The van der Waals surface area contributed by atoms with Crippen LogP contribution in [0.4, 0.5) is 0 Å². The lowest BCUT2D eigenvalue weighted by atomic mass is 10.1. The first-order chi connectivity index (χ1) is 10.2. The maximum atomic E-state index is 10.9. The number of carboxylic acids is 1. The van der Waals surface area contributed by atoms with Gasteiger partial charge in [0, 0.05) is 25.1 Å². The molecule has 2 N–H and O–H groups in total. The van der Waals surface area contributed by atoms with Crippen LogP contribution in [0.1, 0.15) is 35.4 Å². The van der Waals surface area contributed by atoms with Crippen LogP contribution in [0.5, 0.6) is 0 Å². The first-order valence-electron chi connectivity index (χ1n) is 7.19. The summed E-state index contributed by atoms with van der Waals surface area (Å²) in [5.41, 5.74) is 1.72. The number of carbonyl (C=O) groups is 1. The minimum atomic E-state index is -1.04. The van der Waals surface area contributed by atoms with E-state index in [9.17, 15) is 4.79 Å². The zero-order chi connectivity index (χ0) is 14.8. The lowest BCUT2D eigenvalue weighted by molar-refractivity contribution is 0.0665. The monoisotopic (exact) mass is 289 g/mol. The van der Waals surface area contributed by atoms with E-state index in [1.165, 1.54) is 6.42 Å². The second kappa shape index (κ2) is 5.87. The van der Waals surface area contributed by atoms with Gasteiger partial charge in [-0.3, -0.25) is 0 Å². The van der Waals surface area contributed by atoms with Crippen LogP contribution in [0.25, 0.3) is 11.0 Å². The molecule has 112 valence electrons. The van der Waals surface area contributed by atoms with Crippen LogP contribution in [0.3, 0.4) is 0 Å². The normalized spacial score (nSPS) is 22.0. The van der Waals surface area contributed by atoms with Crippen molar-refractivity contribution >= 4 is 16.9 Å². The third-order valence-electron chi connectivity index (χ3n) is 4.12. The van der Waals surface area contributed by atoms with E-state index in [-0.39, 0.29) is 5.76 Å². The summed E-state index contributed by atoms with van der Waals surface area (Å²) < 4.78 is 10.7. The Morgan fingerprint density at radius 2 is 2.29 bits per heavy atom. The van der Waals surface area contributed by atoms with Gasteiger partial charge in [-0.15, -0.1) is 0 Å². The molecule has 1 aliphatic carbocycles. The molecule has 1 aromatic carbocycles. The Labute approximate surface area is 122 Å². The predicted octanol–water partition coefficient (Wildman–Crippen LogP) is 2.79. The highest BCUT2D eigenvalue weighted by Gasteiger charge is 2.26. The number of ether oxygens (including phenoxy) is 1. The highest BCUT2D eigenvalue weighted by Crippen LogP contribution is 2.23. The van der Waals surface area contributed by atoms with E-state index in [0.717, 1.165) is 30.3 Å². The minimum Gasteiger partial charge on any atom is -0.475 e. The van der Waals surface area contributed by atoms with Crippen molar-refractivity contribution in [1.29, 1.82) is 0 Å². The van der Waals surface area contributed by atoms with Crippen LogP contribution >= 0.6 is 0 Å². The number of nitrogens with one attached hydrogen (secondary N) is 1. The van der Waals surface area contributed by atoms with Gasteiger partial charge >= 0.3 is 5.97 Å². The molecule has 3 rings (SSSR count). The van der Waals surface area contributed by atoms with E-state index >= 15 is 0 Å². The second-order valence-electron chi connectivity index (χ2n) is 5.48. The number of hydrogen-bond donors (Lipinski definition) is 2. The first-order valence-corrected chi connectivity index (χ1v) is 7.19. The zero-order valence-electron chi connectivity index (χ0n) is 12.0. The molecule has 2 atom stereocenters. The highest BCUT2D eigenvalue weighted by molar-refractivity contribution is 5.91. The Bertz CT molecular complexity index is 649. The molecule has 2 aromatic rings. The lowest BCUT2D eigenvalue weighted by Gasteiger charge is -2.19. The fourth-order valence-corrected chi connectivity index (χ4v) is 3.00. The molecule has 0 bridgehead atoms. The topological polar surface area (TPSA) is 71.7 Å². The van der Waals surface area contributed by atoms with Crippen LogP contribution in [-0.2, 0) is 11.3 Å². The molecule has 1 heterocycles. The van der Waals surface area contributed by atoms with Crippen LogP contribution in [0.2, 0.25) is 0 Å². The van der Waals surface area contributed by atoms with E-state index in [0.29, 0.717) is 17.7 Å². The van der Waals surface area contributed by atoms with Crippen LogP contribution in [0.15, 0.2) is 28.7 Å². The minimum absolute atomic E-state index is 0.0228. The van der Waals surface area contributed by atoms with Crippen molar-refractivity contribution in [2.24, 2.45) is 0 Å². The molecule has 2 unspecified atom stereocenters. The predicted molar refractivity (Wildman–Crippen MR) is 78.4 cm³/mol. The van der Waals surface area contributed by atoms with E-state index in [1.807, 2.05) is 18.2 Å². The standard InChI is InChI=1S/C16H19NO4/c1-20-14-4-2-3-12(14)17-9-10-5-6-13-11(7-10)8-15(21-13)16(18)19/h5-8,12,14,17H,2-4,9H2,1H3,(H,18,19). The maximum absolute atomic E-state index is 10.9. The van der Waals surface area contributed by atoms with E-state index in [4.69, 9.17) is 14.3 Å². The molecular formula is C16H19NO4. The molecular weight excluding hydrogens is 270 g/mol. The molecule has 0 spiro atoms. The number of hydrogen-bond acceptors (Lipinski definition) is 4. The molecule has 1 aromatic heterocycles. The summed E-state index contributed by atoms with van der Waals surface area (Å²) in [5, 5.41) is 13.3. The van der Waals surface area contributed by atoms with Crippen molar-refractivity contribution < 1.29 is 19.1 Å². The number of furan rings is 1. The van der Waals surface area contributed by atoms with Crippen LogP contribution in [-0.4, -0.2) is 30.3 Å². The Morgan fingerprint density at radius 1 is 1.43 bits per heavy atom. The molecule has 1 aliphatic rings. The molecule has 0 saturated heterocycles. The average molecular weight is 289 g/mol. The molecule has 1 fully saturated rings. The highest BCUT2D eigenvalue weighted by atomic mass is 16.5. The number of methoxy groups -OCH3 is 1. The number of rotatable bonds is 5. The third-order valence-corrected chi connectivity index (χ3v) is 4.12. The van der Waals surface area contributed by atoms with Gasteiger partial charge in [-0.2, -0.15) is 0 Å². The van der Waals surface area contributed by atoms with Gasteiger partial charge in [-0.1, -0.05) is 6.07 Å². The fourth-order valence-electron chi connectivity index (χ4n) is 3.00. The number of benzene rings is 1. The number of carboxylic acid groups (broad SMARTS) is 1. The zero-order valence-corrected chi connectivity index (χ0v) is 12.0. The summed E-state index contributed by atoms with van der Waals surface area (Å²) >= 11 is 0. The Hall–Kier alpha value is -1.85. The second-order valence-corrected chi connectivity index (χ2v) is 5.48. The van der Waals surface area contributed by atoms with E-state index < -0.39 is 5.97 Å². The van der Waals surface area contributed by atoms with Crippen molar-refractivity contribution in [2.75, 3.05) is 7.11 Å². The summed E-state index contributed by atoms with van der Waals surface area (Å²) in [6.07, 6.45) is 3.73. The van der Waals surface area contributed by atoms with Gasteiger partial charge in [0.1, 0.15) is 5.58 Å². The van der Waals surface area contributed by atoms with Gasteiger partial charge in [0.15, 0.2) is 0 Å². The van der Waals surface area contributed by atoms with Gasteiger partial charge in [-0.25, -0.2) is 4.79 Å². The third kappa shape index (κ3) is 2.94. The molecule has 5 heteroatoms. The molecule has 0 aliphatic heterocycles. The Morgan fingerprint density at radius 3 is 3.05 bits per heavy atom. The largest absolute Gasteiger partial charge is 0.475 e. The number of fused-ring (bicyclic) bond motifs is 1. The summed E-state index contributed by atoms with van der Waals surface area (Å²) in [6, 6.07) is 7.70. The molecule has 0 amide bonds. The maximum Gasteiger partial charge on any atom is 0.371 e. The van der Waals surface area contributed by atoms with Gasteiger partial charge in [0.05, 0.1) is 6.10 Å². The van der Waals surface area contributed by atoms with Gasteiger partial charge in [0.25, 0.3) is 0 Å². The lowest BCUT2D eigenvalue weighted by Crippen LogP contribution is -2.36. The summed E-state index contributed by atoms with van der Waals surface area (Å²) in [5.74, 6) is -1.06. The fraction of sp³-hybridized carbons (Fsp3) is 0.438.